The number of nitrogens with zero attached hydrogens (tertiary/aromatic N) is 3. The molecule has 7 nitrogen and oxygen atoms in total. The molecular weight excluding hydrogens is 407 g/mol. The van der Waals surface area contributed by atoms with Crippen LogP contribution in [0.2, 0.25) is 0 Å². The maximum atomic E-state index is 13.1. The van der Waals surface area contributed by atoms with Gasteiger partial charge in [0, 0.05) is 11.1 Å². The van der Waals surface area contributed by atoms with E-state index in [1.165, 1.54) is 17.4 Å². The number of nitrogens with one attached hydrogen (secondary N) is 1. The summed E-state index contributed by atoms with van der Waals surface area (Å²) in [4.78, 5) is 16.6. The molecule has 3 aromatic heterocycles. The fourth-order valence-electron chi connectivity index (χ4n) is 2.92. The van der Waals surface area contributed by atoms with E-state index in [0.717, 1.165) is 4.57 Å². The first-order valence-electron chi connectivity index (χ1n) is 8.41. The Morgan fingerprint density at radius 1 is 1.28 bits per heavy atom. The third kappa shape index (κ3) is 3.94. The van der Waals surface area contributed by atoms with Crippen LogP contribution in [-0.4, -0.2) is 26.8 Å². The molecule has 4 rings (SSSR count). The highest BCUT2D eigenvalue weighted by molar-refractivity contribution is 7.12. The van der Waals surface area contributed by atoms with Gasteiger partial charge in [0.1, 0.15) is 6.54 Å². The number of carbonyl (C=O) groups is 1. The molecule has 0 radical (unpaired) electrons. The molecule has 4 aromatic rings. The van der Waals surface area contributed by atoms with Gasteiger partial charge in [-0.25, -0.2) is 0 Å². The summed E-state index contributed by atoms with van der Waals surface area (Å²) in [5.74, 6) is -0.259. The summed E-state index contributed by atoms with van der Waals surface area (Å²) in [6.45, 7) is -1.28. The predicted octanol–water partition coefficient (Wildman–Crippen LogP) is 3.83. The lowest BCUT2D eigenvalue weighted by Gasteiger charge is -2.11. The summed E-state index contributed by atoms with van der Waals surface area (Å²) in [5, 5.41) is 8.63. The molecule has 0 saturated carbocycles. The minimum absolute atomic E-state index is 0.0229. The topological polar surface area (TPSA) is 99.0 Å². The molecule has 0 unspecified atom stereocenters. The van der Waals surface area contributed by atoms with Crippen LogP contribution in [0.15, 0.2) is 46.3 Å². The van der Waals surface area contributed by atoms with E-state index >= 15 is 0 Å². The molecule has 0 aliphatic heterocycles. The van der Waals surface area contributed by atoms with Crippen LogP contribution < -0.4 is 11.1 Å². The highest BCUT2D eigenvalue weighted by atomic mass is 32.1. The number of halogens is 3. The van der Waals surface area contributed by atoms with Crippen LogP contribution in [0.4, 0.5) is 18.9 Å². The number of anilines is 1. The van der Waals surface area contributed by atoms with E-state index in [4.69, 9.17) is 10.3 Å². The minimum Gasteiger partial charge on any atom is -0.398 e. The van der Waals surface area contributed by atoms with Crippen LogP contribution in [0.3, 0.4) is 0 Å². The van der Waals surface area contributed by atoms with E-state index in [9.17, 15) is 18.0 Å². The van der Waals surface area contributed by atoms with Gasteiger partial charge >= 0.3 is 6.18 Å². The van der Waals surface area contributed by atoms with Gasteiger partial charge in [-0.2, -0.15) is 18.2 Å². The van der Waals surface area contributed by atoms with Crippen molar-refractivity contribution >= 4 is 33.8 Å². The number of benzene rings is 1. The molecule has 3 heterocycles. The predicted molar refractivity (Wildman–Crippen MR) is 101 cm³/mol. The monoisotopic (exact) mass is 421 g/mol. The molecule has 0 aliphatic rings. The molecule has 1 aromatic carbocycles. The Kier molecular flexibility index (Phi) is 4.74. The zero-order valence-electron chi connectivity index (χ0n) is 14.7. The van der Waals surface area contributed by atoms with Crippen molar-refractivity contribution in [3.8, 4) is 11.5 Å². The van der Waals surface area contributed by atoms with Gasteiger partial charge in [0.15, 0.2) is 0 Å². The average Bonchev–Trinajstić information content (AvgIpc) is 3.39. The van der Waals surface area contributed by atoms with E-state index < -0.39 is 12.7 Å². The Bertz CT molecular complexity index is 1160. The molecule has 150 valence electrons. The number of hydrogen-bond donors (Lipinski definition) is 2. The van der Waals surface area contributed by atoms with E-state index in [-0.39, 0.29) is 29.9 Å². The lowest BCUT2D eigenvalue weighted by atomic mass is 10.2. The summed E-state index contributed by atoms with van der Waals surface area (Å²) in [7, 11) is 0. The Labute approximate surface area is 165 Å². The zero-order chi connectivity index (χ0) is 20.6. The fraction of sp³-hybridized carbons (Fsp3) is 0.167. The molecule has 11 heteroatoms. The number of alkyl halides is 3. The van der Waals surface area contributed by atoms with Crippen LogP contribution in [-0.2, 0) is 13.1 Å². The second-order valence-electron chi connectivity index (χ2n) is 6.18. The van der Waals surface area contributed by atoms with Gasteiger partial charge in [0.25, 0.3) is 5.91 Å². The van der Waals surface area contributed by atoms with Gasteiger partial charge in [-0.1, -0.05) is 17.3 Å². The zero-order valence-corrected chi connectivity index (χ0v) is 15.5. The quantitative estimate of drug-likeness (QED) is 0.477. The van der Waals surface area contributed by atoms with Crippen molar-refractivity contribution in [2.24, 2.45) is 0 Å². The molecule has 0 saturated heterocycles. The largest absolute Gasteiger partial charge is 0.406 e. The van der Waals surface area contributed by atoms with Crippen LogP contribution in [0, 0.1) is 0 Å². The molecule has 1 amide bonds. The Hall–Kier alpha value is -3.34. The number of thiophene rings is 1. The third-order valence-electron chi connectivity index (χ3n) is 4.16. The van der Waals surface area contributed by atoms with Gasteiger partial charge in [0.05, 0.1) is 22.6 Å². The van der Waals surface area contributed by atoms with Crippen molar-refractivity contribution in [3.63, 3.8) is 0 Å². The first-order valence-corrected chi connectivity index (χ1v) is 9.29. The van der Waals surface area contributed by atoms with Crippen molar-refractivity contribution < 1.29 is 22.5 Å². The van der Waals surface area contributed by atoms with Gasteiger partial charge < -0.3 is 20.1 Å². The van der Waals surface area contributed by atoms with Gasteiger partial charge in [0.2, 0.25) is 11.7 Å². The summed E-state index contributed by atoms with van der Waals surface area (Å²) < 4.78 is 45.5. The second kappa shape index (κ2) is 7.24. The number of amides is 1. The summed E-state index contributed by atoms with van der Waals surface area (Å²) in [6, 6.07) is 9.63. The summed E-state index contributed by atoms with van der Waals surface area (Å²) in [6.07, 6.45) is -4.45. The van der Waals surface area contributed by atoms with Crippen molar-refractivity contribution in [2.45, 2.75) is 19.3 Å². The smallest absolute Gasteiger partial charge is 0.398 e. The Morgan fingerprint density at radius 2 is 2.10 bits per heavy atom. The van der Waals surface area contributed by atoms with Gasteiger partial charge in [-0.15, -0.1) is 11.3 Å². The van der Waals surface area contributed by atoms with E-state index in [1.54, 1.807) is 35.7 Å². The molecule has 29 heavy (non-hydrogen) atoms. The molecule has 0 atom stereocenters. The first-order chi connectivity index (χ1) is 13.8. The van der Waals surface area contributed by atoms with Crippen molar-refractivity contribution in [1.82, 2.24) is 20.0 Å². The van der Waals surface area contributed by atoms with Crippen LogP contribution in [0.25, 0.3) is 22.4 Å². The maximum absolute atomic E-state index is 13.1. The lowest BCUT2D eigenvalue weighted by molar-refractivity contribution is -0.139. The van der Waals surface area contributed by atoms with Crippen molar-refractivity contribution in [1.29, 1.82) is 0 Å². The highest BCUT2D eigenvalue weighted by Gasteiger charge is 2.31. The molecular formula is C18H14F3N5O2S. The lowest BCUT2D eigenvalue weighted by Crippen LogP contribution is -2.21. The molecule has 0 aliphatic carbocycles. The number of carbonyl (C=O) groups excluding carboxylic acids is 1. The van der Waals surface area contributed by atoms with E-state index in [1.807, 2.05) is 0 Å². The van der Waals surface area contributed by atoms with Crippen LogP contribution in [0.1, 0.15) is 15.6 Å². The number of nitrogen functional groups attached to an aromatic ring is 1. The average molecular weight is 421 g/mol. The maximum Gasteiger partial charge on any atom is 0.406 e. The highest BCUT2D eigenvalue weighted by Crippen LogP contribution is 2.32. The standard InChI is InChI=1S/C18H14F3N5O2S/c19-18(20,21)9-26-12-4-1-3-11(22)10(12)7-13(26)16-24-15(28-25-16)8-23-17(27)14-5-2-6-29-14/h1-7H,8-9,22H2,(H,23,27). The number of fused-ring (bicyclic) bond motifs is 1. The third-order valence-corrected chi connectivity index (χ3v) is 5.03. The Balaban J connectivity index is 1.64. The summed E-state index contributed by atoms with van der Waals surface area (Å²) in [5.41, 5.74) is 6.69. The van der Waals surface area contributed by atoms with Crippen LogP contribution >= 0.6 is 11.3 Å². The SMILES string of the molecule is Nc1cccc2c1cc(-c1noc(CNC(=O)c3cccs3)n1)n2CC(F)(F)F. The second-order valence-corrected chi connectivity index (χ2v) is 7.13. The van der Waals surface area contributed by atoms with E-state index in [0.29, 0.717) is 21.5 Å². The van der Waals surface area contributed by atoms with E-state index in [2.05, 4.69) is 15.5 Å². The molecule has 0 fully saturated rings. The number of hydrogen-bond acceptors (Lipinski definition) is 6. The molecule has 3 N–H and O–H groups in total. The number of rotatable bonds is 5. The van der Waals surface area contributed by atoms with Crippen LogP contribution in [0.5, 0.6) is 0 Å². The summed E-state index contributed by atoms with van der Waals surface area (Å²) >= 11 is 1.28. The first kappa shape index (κ1) is 19.0. The minimum atomic E-state index is -4.45. The Morgan fingerprint density at radius 3 is 2.83 bits per heavy atom. The number of nitrogens with two attached hydrogens (primary N) is 1. The van der Waals surface area contributed by atoms with Gasteiger partial charge in [-0.05, 0) is 29.6 Å². The fourth-order valence-corrected chi connectivity index (χ4v) is 3.56. The van der Waals surface area contributed by atoms with Crippen molar-refractivity contribution in [2.75, 3.05) is 5.73 Å². The molecule has 0 spiro atoms. The van der Waals surface area contributed by atoms with Gasteiger partial charge in [-0.3, -0.25) is 4.79 Å². The van der Waals surface area contributed by atoms with Crippen molar-refractivity contribution in [3.05, 3.63) is 52.5 Å². The number of aromatic nitrogens is 3. The molecule has 0 bridgehead atoms. The normalized spacial score (nSPS) is 11.8.